The first-order valence-electron chi connectivity index (χ1n) is 8.61. The molecule has 5 nitrogen and oxygen atoms in total. The van der Waals surface area contributed by atoms with Crippen molar-refractivity contribution in [2.75, 3.05) is 0 Å². The van der Waals surface area contributed by atoms with Gasteiger partial charge in [0.2, 0.25) is 0 Å². The van der Waals surface area contributed by atoms with Gasteiger partial charge in [-0.15, -0.1) is 11.3 Å². The standard InChI is InChI=1S/C20H22N2O3S/c1-5-6-15-21-17-16(18(23)22(15)20(3,4)19(24)25)14(11-26-17)13-9-7-12(2)8-10-13/h7-11H,5-6H2,1-4H3,(H,24,25). The number of rotatable bonds is 5. The summed E-state index contributed by atoms with van der Waals surface area (Å²) in [5.41, 5.74) is 1.22. The molecule has 3 rings (SSSR count). The third-order valence-electron chi connectivity index (χ3n) is 4.60. The van der Waals surface area contributed by atoms with Crippen LogP contribution in [0.15, 0.2) is 34.4 Å². The van der Waals surface area contributed by atoms with Gasteiger partial charge in [0.25, 0.3) is 5.56 Å². The molecule has 0 amide bonds. The number of nitrogens with zero attached hydrogens (tertiary/aromatic N) is 2. The molecule has 2 heterocycles. The first-order chi connectivity index (χ1) is 12.3. The van der Waals surface area contributed by atoms with Gasteiger partial charge in [0.15, 0.2) is 0 Å². The minimum atomic E-state index is -1.37. The molecule has 136 valence electrons. The molecule has 26 heavy (non-hydrogen) atoms. The average Bonchev–Trinajstić information content (AvgIpc) is 3.00. The van der Waals surface area contributed by atoms with Gasteiger partial charge >= 0.3 is 5.97 Å². The molecule has 0 spiro atoms. The third kappa shape index (κ3) is 2.94. The van der Waals surface area contributed by atoms with Crippen molar-refractivity contribution in [2.24, 2.45) is 0 Å². The maximum atomic E-state index is 13.4. The third-order valence-corrected chi connectivity index (χ3v) is 5.47. The average molecular weight is 370 g/mol. The molecule has 3 aromatic rings. The lowest BCUT2D eigenvalue weighted by molar-refractivity contribution is -0.146. The van der Waals surface area contributed by atoms with Crippen molar-refractivity contribution in [1.29, 1.82) is 0 Å². The number of aromatic nitrogens is 2. The zero-order valence-corrected chi connectivity index (χ0v) is 16.2. The van der Waals surface area contributed by atoms with Crippen molar-refractivity contribution in [3.8, 4) is 11.1 Å². The van der Waals surface area contributed by atoms with Gasteiger partial charge < -0.3 is 5.11 Å². The van der Waals surface area contributed by atoms with Crippen molar-refractivity contribution in [1.82, 2.24) is 9.55 Å². The number of carboxylic acids is 1. The van der Waals surface area contributed by atoms with Crippen LogP contribution in [0.1, 0.15) is 38.6 Å². The van der Waals surface area contributed by atoms with Gasteiger partial charge in [-0.05, 0) is 32.8 Å². The maximum absolute atomic E-state index is 13.4. The van der Waals surface area contributed by atoms with Gasteiger partial charge in [0.1, 0.15) is 16.2 Å². The van der Waals surface area contributed by atoms with Gasteiger partial charge in [-0.3, -0.25) is 9.36 Å². The summed E-state index contributed by atoms with van der Waals surface area (Å²) in [5, 5.41) is 12.1. The lowest BCUT2D eigenvalue weighted by Crippen LogP contribution is -2.44. The monoisotopic (exact) mass is 370 g/mol. The zero-order valence-electron chi connectivity index (χ0n) is 15.4. The highest BCUT2D eigenvalue weighted by molar-refractivity contribution is 7.17. The summed E-state index contributed by atoms with van der Waals surface area (Å²) >= 11 is 1.42. The number of aliphatic carboxylic acids is 1. The normalized spacial score (nSPS) is 11.8. The summed E-state index contributed by atoms with van der Waals surface area (Å²) in [4.78, 5) is 30.5. The fourth-order valence-electron chi connectivity index (χ4n) is 3.04. The molecule has 6 heteroatoms. The lowest BCUT2D eigenvalue weighted by atomic mass is 10.0. The molecule has 0 aliphatic rings. The summed E-state index contributed by atoms with van der Waals surface area (Å²) in [6.07, 6.45) is 1.34. The van der Waals surface area contributed by atoms with E-state index in [1.165, 1.54) is 15.9 Å². The summed E-state index contributed by atoms with van der Waals surface area (Å²) in [5.74, 6) is -0.528. The predicted octanol–water partition coefficient (Wildman–Crippen LogP) is 4.21. The molecule has 0 saturated carbocycles. The molecule has 0 radical (unpaired) electrons. The van der Waals surface area contributed by atoms with E-state index in [-0.39, 0.29) is 5.56 Å². The number of hydrogen-bond donors (Lipinski definition) is 1. The molecule has 0 aliphatic heterocycles. The summed E-state index contributed by atoms with van der Waals surface area (Å²) in [7, 11) is 0. The van der Waals surface area contributed by atoms with Crippen LogP contribution >= 0.6 is 11.3 Å². The fourth-order valence-corrected chi connectivity index (χ4v) is 4.00. The van der Waals surface area contributed by atoms with E-state index in [0.29, 0.717) is 22.5 Å². The minimum Gasteiger partial charge on any atom is -0.480 e. The Morgan fingerprint density at radius 1 is 1.27 bits per heavy atom. The van der Waals surface area contributed by atoms with Crippen LogP contribution in [0, 0.1) is 6.92 Å². The molecule has 0 unspecified atom stereocenters. The molecule has 2 aromatic heterocycles. The van der Waals surface area contributed by atoms with Crippen molar-refractivity contribution in [3.05, 3.63) is 51.4 Å². The number of carboxylic acid groups (broad SMARTS) is 1. The maximum Gasteiger partial charge on any atom is 0.329 e. The van der Waals surface area contributed by atoms with Crippen LogP contribution in [-0.4, -0.2) is 20.6 Å². The number of aryl methyl sites for hydroxylation is 2. The fraction of sp³-hybridized carbons (Fsp3) is 0.350. The lowest BCUT2D eigenvalue weighted by Gasteiger charge is -2.25. The Morgan fingerprint density at radius 2 is 1.92 bits per heavy atom. The van der Waals surface area contributed by atoms with Crippen molar-refractivity contribution in [2.45, 2.75) is 46.1 Å². The Labute approximate surface area is 155 Å². The highest BCUT2D eigenvalue weighted by atomic mass is 32.1. The van der Waals surface area contributed by atoms with Crippen LogP contribution in [0.25, 0.3) is 21.3 Å². The molecule has 0 bridgehead atoms. The smallest absolute Gasteiger partial charge is 0.329 e. The summed E-state index contributed by atoms with van der Waals surface area (Å²) in [6, 6.07) is 7.95. The molecular weight excluding hydrogens is 348 g/mol. The molecule has 1 aromatic carbocycles. The van der Waals surface area contributed by atoms with Crippen LogP contribution in [-0.2, 0) is 16.8 Å². The Kier molecular flexibility index (Phi) is 4.71. The largest absolute Gasteiger partial charge is 0.480 e. The van der Waals surface area contributed by atoms with E-state index in [1.54, 1.807) is 13.8 Å². The Bertz CT molecular complexity index is 1030. The van der Waals surface area contributed by atoms with Gasteiger partial charge in [-0.2, -0.15) is 0 Å². The van der Waals surface area contributed by atoms with E-state index in [0.717, 1.165) is 23.1 Å². The minimum absolute atomic E-state index is 0.289. The van der Waals surface area contributed by atoms with E-state index in [4.69, 9.17) is 0 Å². The Hall–Kier alpha value is -2.47. The van der Waals surface area contributed by atoms with Crippen LogP contribution in [0.5, 0.6) is 0 Å². The topological polar surface area (TPSA) is 72.2 Å². The zero-order chi connectivity index (χ0) is 19.1. The number of carbonyl (C=O) groups is 1. The van der Waals surface area contributed by atoms with Crippen LogP contribution in [0.4, 0.5) is 0 Å². The van der Waals surface area contributed by atoms with Crippen molar-refractivity contribution < 1.29 is 9.90 Å². The quantitative estimate of drug-likeness (QED) is 0.730. The van der Waals surface area contributed by atoms with E-state index in [2.05, 4.69) is 4.98 Å². The molecule has 0 fully saturated rings. The highest BCUT2D eigenvalue weighted by Crippen LogP contribution is 2.32. The van der Waals surface area contributed by atoms with E-state index in [1.807, 2.05) is 43.5 Å². The van der Waals surface area contributed by atoms with E-state index >= 15 is 0 Å². The molecule has 0 aliphatic carbocycles. The number of fused-ring (bicyclic) bond motifs is 1. The van der Waals surface area contributed by atoms with Crippen molar-refractivity contribution in [3.63, 3.8) is 0 Å². The number of hydrogen-bond acceptors (Lipinski definition) is 4. The van der Waals surface area contributed by atoms with E-state index in [9.17, 15) is 14.7 Å². The van der Waals surface area contributed by atoms with Gasteiger partial charge in [-0.25, -0.2) is 9.78 Å². The predicted molar refractivity (Wildman–Crippen MR) is 105 cm³/mol. The molecular formula is C20H22N2O3S. The molecule has 0 atom stereocenters. The van der Waals surface area contributed by atoms with Gasteiger partial charge in [-0.1, -0.05) is 36.8 Å². The van der Waals surface area contributed by atoms with Crippen LogP contribution in [0.2, 0.25) is 0 Å². The van der Waals surface area contributed by atoms with Crippen molar-refractivity contribution >= 4 is 27.5 Å². The second kappa shape index (κ2) is 6.68. The second-order valence-corrected chi connectivity index (χ2v) is 7.84. The molecule has 1 N–H and O–H groups in total. The highest BCUT2D eigenvalue weighted by Gasteiger charge is 2.34. The number of thiophene rings is 1. The summed E-state index contributed by atoms with van der Waals surface area (Å²) in [6.45, 7) is 7.08. The first-order valence-corrected chi connectivity index (χ1v) is 9.49. The SMILES string of the molecule is CCCc1nc2scc(-c3ccc(C)cc3)c2c(=O)n1C(C)(C)C(=O)O. The van der Waals surface area contributed by atoms with Gasteiger partial charge in [0.05, 0.1) is 5.39 Å². The van der Waals surface area contributed by atoms with Crippen LogP contribution in [0.3, 0.4) is 0 Å². The molecule has 0 saturated heterocycles. The van der Waals surface area contributed by atoms with E-state index < -0.39 is 11.5 Å². The Balaban J connectivity index is 2.36. The summed E-state index contributed by atoms with van der Waals surface area (Å²) < 4.78 is 1.35. The van der Waals surface area contributed by atoms with Crippen LogP contribution < -0.4 is 5.56 Å². The first kappa shape index (κ1) is 18.3. The Morgan fingerprint density at radius 3 is 2.50 bits per heavy atom. The number of benzene rings is 1. The second-order valence-electron chi connectivity index (χ2n) is 6.98. The van der Waals surface area contributed by atoms with Gasteiger partial charge in [0, 0.05) is 17.4 Å².